The lowest BCUT2D eigenvalue weighted by molar-refractivity contribution is -0.126. The summed E-state index contributed by atoms with van der Waals surface area (Å²) >= 11 is 0. The van der Waals surface area contributed by atoms with Gasteiger partial charge in [-0.05, 0) is 6.92 Å². The molecule has 0 spiro atoms. The van der Waals surface area contributed by atoms with Crippen LogP contribution in [0.2, 0.25) is 0 Å². The van der Waals surface area contributed by atoms with E-state index in [9.17, 15) is 27.9 Å². The summed E-state index contributed by atoms with van der Waals surface area (Å²) in [5.74, 6) is -4.86. The molecule has 0 aliphatic carbocycles. The number of nitrogens with zero attached hydrogens (tertiary/aromatic N) is 4. The fraction of sp³-hybridized carbons (Fsp3) is 0.450. The molecule has 31 heavy (non-hydrogen) atoms. The molecule has 11 heteroatoms. The largest absolute Gasteiger partial charge is 0.383 e. The Labute approximate surface area is 176 Å². The maximum Gasteiger partial charge on any atom is 0.322 e. The van der Waals surface area contributed by atoms with Crippen LogP contribution in [0.3, 0.4) is 0 Å². The first-order chi connectivity index (χ1) is 14.5. The van der Waals surface area contributed by atoms with Crippen molar-refractivity contribution in [1.82, 2.24) is 14.7 Å². The van der Waals surface area contributed by atoms with Gasteiger partial charge in [-0.15, -0.1) is 0 Å². The lowest BCUT2D eigenvalue weighted by atomic mass is 9.90. The quantitative estimate of drug-likeness (QED) is 0.707. The molecule has 3 amide bonds. The second-order valence-corrected chi connectivity index (χ2v) is 8.64. The lowest BCUT2D eigenvalue weighted by Gasteiger charge is -2.35. The van der Waals surface area contributed by atoms with Crippen LogP contribution in [-0.4, -0.2) is 50.4 Å². The highest BCUT2D eigenvalue weighted by molar-refractivity contribution is 6.00. The first-order valence-electron chi connectivity index (χ1n) is 9.76. The maximum atomic E-state index is 13.5. The lowest BCUT2D eigenvalue weighted by Crippen LogP contribution is -2.47. The molecule has 4 rings (SSSR count). The molecule has 1 unspecified atom stereocenters. The summed E-state index contributed by atoms with van der Waals surface area (Å²) in [4.78, 5) is 28.2. The Bertz CT molecular complexity index is 1050. The number of rotatable bonds is 2. The summed E-state index contributed by atoms with van der Waals surface area (Å²) < 4.78 is 41.8. The molecule has 2 N–H and O–H groups in total. The number of hydrogen-bond acceptors (Lipinski definition) is 4. The summed E-state index contributed by atoms with van der Waals surface area (Å²) in [6, 6.07) is 0.455. The van der Waals surface area contributed by atoms with Gasteiger partial charge in [-0.3, -0.25) is 9.48 Å². The smallest absolute Gasteiger partial charge is 0.322 e. The van der Waals surface area contributed by atoms with Crippen molar-refractivity contribution in [2.45, 2.75) is 46.0 Å². The topological polar surface area (TPSA) is 90.7 Å². The standard InChI is InChI=1S/C20H22F3N5O3/c1-10-7-28-15(14(6-24-28)27-9-20(2,3)17(29)18(27)30)8-26(10)19(31)25-11-4-12(21)16(23)13(22)5-11/h4-6,10,17,29H,7-9H2,1-3H3,(H,25,31)/t10-,17?/m0/s1. The van der Waals surface area contributed by atoms with Gasteiger partial charge in [0.15, 0.2) is 17.5 Å². The van der Waals surface area contributed by atoms with Crippen molar-refractivity contribution in [3.63, 3.8) is 0 Å². The molecule has 0 radical (unpaired) electrons. The fourth-order valence-electron chi connectivity index (χ4n) is 3.96. The third-order valence-electron chi connectivity index (χ3n) is 5.81. The predicted molar refractivity (Wildman–Crippen MR) is 105 cm³/mol. The first-order valence-corrected chi connectivity index (χ1v) is 9.76. The van der Waals surface area contributed by atoms with Crippen molar-refractivity contribution < 1.29 is 27.9 Å². The van der Waals surface area contributed by atoms with E-state index in [4.69, 9.17) is 0 Å². The highest BCUT2D eigenvalue weighted by atomic mass is 19.2. The Kier molecular flexibility index (Phi) is 4.95. The van der Waals surface area contributed by atoms with Crippen molar-refractivity contribution in [1.29, 1.82) is 0 Å². The average molecular weight is 437 g/mol. The zero-order valence-electron chi connectivity index (χ0n) is 17.2. The SMILES string of the molecule is C[C@H]1Cn2ncc(N3CC(C)(C)C(O)C3=O)c2CN1C(=O)Nc1cc(F)c(F)c(F)c1. The van der Waals surface area contributed by atoms with Crippen LogP contribution >= 0.6 is 0 Å². The molecule has 1 saturated heterocycles. The molecule has 8 nitrogen and oxygen atoms in total. The molecule has 2 atom stereocenters. The first kappa shape index (κ1) is 21.2. The molecule has 1 aromatic carbocycles. The van der Waals surface area contributed by atoms with Crippen LogP contribution in [0, 0.1) is 22.9 Å². The third kappa shape index (κ3) is 3.52. The van der Waals surface area contributed by atoms with Gasteiger partial charge in [-0.2, -0.15) is 5.10 Å². The summed E-state index contributed by atoms with van der Waals surface area (Å²) in [7, 11) is 0. The number of aliphatic hydroxyl groups is 1. The molecule has 3 heterocycles. The van der Waals surface area contributed by atoms with E-state index in [1.807, 2.05) is 0 Å². The van der Waals surface area contributed by atoms with Crippen LogP contribution in [0.25, 0.3) is 0 Å². The Morgan fingerprint density at radius 2 is 1.90 bits per heavy atom. The molecule has 0 saturated carbocycles. The monoisotopic (exact) mass is 437 g/mol. The van der Waals surface area contributed by atoms with Crippen LogP contribution in [-0.2, 0) is 17.9 Å². The normalized spacial score (nSPS) is 22.6. The average Bonchev–Trinajstić information content (AvgIpc) is 3.18. The Morgan fingerprint density at radius 3 is 2.48 bits per heavy atom. The number of hydrogen-bond donors (Lipinski definition) is 2. The zero-order valence-corrected chi connectivity index (χ0v) is 17.2. The molecular weight excluding hydrogens is 415 g/mol. The van der Waals surface area contributed by atoms with Gasteiger partial charge in [0.05, 0.1) is 36.7 Å². The van der Waals surface area contributed by atoms with Crippen LogP contribution in [0.5, 0.6) is 0 Å². The Balaban J connectivity index is 1.58. The van der Waals surface area contributed by atoms with Crippen molar-refractivity contribution in [3.05, 3.63) is 41.5 Å². The summed E-state index contributed by atoms with van der Waals surface area (Å²) in [5, 5.41) is 16.9. The van der Waals surface area contributed by atoms with Gasteiger partial charge in [0.25, 0.3) is 5.91 Å². The molecule has 2 aliphatic rings. The zero-order chi connectivity index (χ0) is 22.7. The second-order valence-electron chi connectivity index (χ2n) is 8.64. The minimum absolute atomic E-state index is 0.0782. The van der Waals surface area contributed by atoms with Crippen molar-refractivity contribution >= 4 is 23.3 Å². The summed E-state index contributed by atoms with van der Waals surface area (Å²) in [5.41, 5.74) is 0.246. The number of halogens is 3. The van der Waals surface area contributed by atoms with Crippen molar-refractivity contribution in [2.75, 3.05) is 16.8 Å². The number of benzene rings is 1. The fourth-order valence-corrected chi connectivity index (χ4v) is 3.96. The third-order valence-corrected chi connectivity index (χ3v) is 5.81. The number of fused-ring (bicyclic) bond motifs is 1. The van der Waals surface area contributed by atoms with Crippen LogP contribution in [0.1, 0.15) is 26.5 Å². The van der Waals surface area contributed by atoms with Gasteiger partial charge in [-0.25, -0.2) is 18.0 Å². The van der Waals surface area contributed by atoms with Gasteiger partial charge in [0, 0.05) is 29.8 Å². The van der Waals surface area contributed by atoms with E-state index in [0.29, 0.717) is 36.6 Å². The van der Waals surface area contributed by atoms with Crippen molar-refractivity contribution in [3.8, 4) is 0 Å². The highest BCUT2D eigenvalue weighted by Crippen LogP contribution is 2.37. The molecule has 2 aromatic rings. The minimum atomic E-state index is -1.61. The molecule has 1 aromatic heterocycles. The van der Waals surface area contributed by atoms with Gasteiger partial charge in [-0.1, -0.05) is 13.8 Å². The molecule has 1 fully saturated rings. The number of aliphatic hydroxyl groups excluding tert-OH is 1. The summed E-state index contributed by atoms with van der Waals surface area (Å²) in [6.07, 6.45) is 0.383. The molecule has 166 valence electrons. The van der Waals surface area contributed by atoms with E-state index in [2.05, 4.69) is 10.4 Å². The van der Waals surface area contributed by atoms with E-state index >= 15 is 0 Å². The van der Waals surface area contributed by atoms with Gasteiger partial charge in [0.1, 0.15) is 6.10 Å². The van der Waals surface area contributed by atoms with Gasteiger partial charge >= 0.3 is 6.03 Å². The van der Waals surface area contributed by atoms with E-state index in [0.717, 1.165) is 0 Å². The molecule has 0 bridgehead atoms. The van der Waals surface area contributed by atoms with Crippen LogP contribution < -0.4 is 10.2 Å². The van der Waals surface area contributed by atoms with E-state index in [-0.39, 0.29) is 18.3 Å². The number of urea groups is 1. The highest BCUT2D eigenvalue weighted by Gasteiger charge is 2.47. The number of carbonyl (C=O) groups excluding carboxylic acids is 2. The van der Waals surface area contributed by atoms with Crippen LogP contribution in [0.4, 0.5) is 29.3 Å². The number of amides is 3. The Morgan fingerprint density at radius 1 is 1.26 bits per heavy atom. The molecular formula is C20H22F3N5O3. The number of aromatic nitrogens is 2. The Hall–Kier alpha value is -3.08. The van der Waals surface area contributed by atoms with Gasteiger partial charge in [0.2, 0.25) is 0 Å². The van der Waals surface area contributed by atoms with Crippen molar-refractivity contribution in [2.24, 2.45) is 5.41 Å². The minimum Gasteiger partial charge on any atom is -0.383 e. The van der Waals surface area contributed by atoms with E-state index in [1.54, 1.807) is 25.5 Å². The van der Waals surface area contributed by atoms with Gasteiger partial charge < -0.3 is 20.2 Å². The number of nitrogens with one attached hydrogen (secondary N) is 1. The maximum absolute atomic E-state index is 13.5. The van der Waals surface area contributed by atoms with E-state index < -0.39 is 40.9 Å². The number of carbonyl (C=O) groups is 2. The predicted octanol–water partition coefficient (Wildman–Crippen LogP) is 2.47. The number of anilines is 2. The second kappa shape index (κ2) is 7.26. The van der Waals surface area contributed by atoms with Crippen LogP contribution in [0.15, 0.2) is 18.3 Å². The summed E-state index contributed by atoms with van der Waals surface area (Å²) in [6.45, 7) is 6.06. The van der Waals surface area contributed by atoms with E-state index in [1.165, 1.54) is 16.0 Å². The molecule has 2 aliphatic heterocycles.